The Labute approximate surface area is 153 Å². The zero-order valence-corrected chi connectivity index (χ0v) is 14.5. The second-order valence-corrected chi connectivity index (χ2v) is 5.70. The van der Waals surface area contributed by atoms with E-state index < -0.39 is 34.7 Å². The van der Waals surface area contributed by atoms with Crippen molar-refractivity contribution in [3.63, 3.8) is 0 Å². The Morgan fingerprint density at radius 1 is 1.30 bits per heavy atom. The first-order valence-corrected chi connectivity index (χ1v) is 8.15. The van der Waals surface area contributed by atoms with Crippen LogP contribution in [0.1, 0.15) is 16.1 Å². The molecule has 1 aromatic heterocycles. The van der Waals surface area contributed by atoms with Crippen LogP contribution in [-0.4, -0.2) is 49.3 Å². The first kappa shape index (κ1) is 18.9. The summed E-state index contributed by atoms with van der Waals surface area (Å²) in [6.07, 6.45) is 1.54. The largest absolute Gasteiger partial charge is 0.491 e. The summed E-state index contributed by atoms with van der Waals surface area (Å²) in [6, 6.07) is 2.08. The third kappa shape index (κ3) is 4.11. The van der Waals surface area contributed by atoms with Crippen LogP contribution in [-0.2, 0) is 11.3 Å². The maximum Gasteiger partial charge on any atom is 0.254 e. The van der Waals surface area contributed by atoms with Crippen molar-refractivity contribution < 1.29 is 27.4 Å². The molecule has 0 unspecified atom stereocenters. The lowest BCUT2D eigenvalue weighted by atomic mass is 10.1. The zero-order chi connectivity index (χ0) is 19.4. The average Bonchev–Trinajstić information content (AvgIpc) is 2.70. The molecule has 1 aliphatic rings. The van der Waals surface area contributed by atoms with E-state index in [2.05, 4.69) is 20.0 Å². The Morgan fingerprint density at radius 3 is 2.74 bits per heavy atom. The van der Waals surface area contributed by atoms with E-state index in [1.54, 1.807) is 12.3 Å². The van der Waals surface area contributed by atoms with Gasteiger partial charge in [0, 0.05) is 19.3 Å². The molecule has 27 heavy (non-hydrogen) atoms. The standard InChI is InChI=1S/C17H17F3N4O3/c1-26-15-13(19)11(8-12(18)14(15)20)16(25)22-9-10-2-3-21-17(23-10)24-4-6-27-7-5-24/h2-3,8H,4-7,9H2,1H3,(H,22,25). The van der Waals surface area contributed by atoms with Crippen LogP contribution >= 0.6 is 0 Å². The van der Waals surface area contributed by atoms with Crippen LogP contribution in [0.4, 0.5) is 19.1 Å². The lowest BCUT2D eigenvalue weighted by molar-refractivity contribution is 0.0944. The number of benzene rings is 1. The van der Waals surface area contributed by atoms with E-state index in [9.17, 15) is 18.0 Å². The fraction of sp³-hybridized carbons (Fsp3) is 0.353. The van der Waals surface area contributed by atoms with E-state index in [0.29, 0.717) is 44.0 Å². The number of carbonyl (C=O) groups is 1. The summed E-state index contributed by atoms with van der Waals surface area (Å²) in [5.74, 6) is -5.52. The van der Waals surface area contributed by atoms with E-state index in [1.807, 2.05) is 4.90 Å². The summed E-state index contributed by atoms with van der Waals surface area (Å²) in [6.45, 7) is 2.40. The highest BCUT2D eigenvalue weighted by Gasteiger charge is 2.23. The van der Waals surface area contributed by atoms with Gasteiger partial charge in [0.1, 0.15) is 0 Å². The number of nitrogens with one attached hydrogen (secondary N) is 1. The molecule has 1 N–H and O–H groups in total. The normalized spacial score (nSPS) is 14.1. The number of rotatable bonds is 5. The van der Waals surface area contributed by atoms with Gasteiger partial charge in [-0.25, -0.2) is 18.7 Å². The lowest BCUT2D eigenvalue weighted by Gasteiger charge is -2.26. The van der Waals surface area contributed by atoms with Gasteiger partial charge < -0.3 is 19.7 Å². The van der Waals surface area contributed by atoms with E-state index in [-0.39, 0.29) is 6.54 Å². The molecule has 2 heterocycles. The Bertz CT molecular complexity index is 844. The number of hydrogen-bond acceptors (Lipinski definition) is 6. The van der Waals surface area contributed by atoms with Gasteiger partial charge in [-0.3, -0.25) is 4.79 Å². The highest BCUT2D eigenvalue weighted by Crippen LogP contribution is 2.27. The molecular weight excluding hydrogens is 365 g/mol. The number of amides is 1. The van der Waals surface area contributed by atoms with Gasteiger partial charge in [0.2, 0.25) is 11.8 Å². The fourth-order valence-electron chi connectivity index (χ4n) is 2.59. The number of ether oxygens (including phenoxy) is 2. The van der Waals surface area contributed by atoms with E-state index in [0.717, 1.165) is 7.11 Å². The molecule has 0 spiro atoms. The van der Waals surface area contributed by atoms with Gasteiger partial charge in [0.15, 0.2) is 17.4 Å². The van der Waals surface area contributed by atoms with Gasteiger partial charge >= 0.3 is 0 Å². The van der Waals surface area contributed by atoms with Crippen LogP contribution < -0.4 is 15.0 Å². The molecule has 10 heteroatoms. The van der Waals surface area contributed by atoms with Crippen molar-refractivity contribution in [3.05, 3.63) is 47.0 Å². The highest BCUT2D eigenvalue weighted by atomic mass is 19.2. The van der Waals surface area contributed by atoms with Crippen LogP contribution in [0.25, 0.3) is 0 Å². The topological polar surface area (TPSA) is 76.6 Å². The van der Waals surface area contributed by atoms with E-state index in [4.69, 9.17) is 4.74 Å². The summed E-state index contributed by atoms with van der Waals surface area (Å²) >= 11 is 0. The summed E-state index contributed by atoms with van der Waals surface area (Å²) in [5, 5.41) is 2.43. The zero-order valence-electron chi connectivity index (χ0n) is 14.5. The van der Waals surface area contributed by atoms with Crippen molar-refractivity contribution in [2.24, 2.45) is 0 Å². The second-order valence-electron chi connectivity index (χ2n) is 5.70. The predicted octanol–water partition coefficient (Wildman–Crippen LogP) is 1.67. The van der Waals surface area contributed by atoms with Crippen LogP contribution in [0.3, 0.4) is 0 Å². The minimum Gasteiger partial charge on any atom is -0.491 e. The van der Waals surface area contributed by atoms with Crippen molar-refractivity contribution >= 4 is 11.9 Å². The van der Waals surface area contributed by atoms with Crippen LogP contribution in [0, 0.1) is 17.5 Å². The van der Waals surface area contributed by atoms with Gasteiger partial charge in [0.05, 0.1) is 38.1 Å². The Kier molecular flexibility index (Phi) is 5.75. The number of anilines is 1. The fourth-order valence-corrected chi connectivity index (χ4v) is 2.59. The van der Waals surface area contributed by atoms with Crippen molar-refractivity contribution in [3.8, 4) is 5.75 Å². The number of nitrogens with zero attached hydrogens (tertiary/aromatic N) is 3. The third-order valence-corrected chi connectivity index (χ3v) is 3.99. The van der Waals surface area contributed by atoms with Crippen LogP contribution in [0.2, 0.25) is 0 Å². The number of hydrogen-bond donors (Lipinski definition) is 1. The first-order chi connectivity index (χ1) is 13.0. The molecule has 1 saturated heterocycles. The molecule has 144 valence electrons. The molecule has 3 rings (SSSR count). The summed E-state index contributed by atoms with van der Waals surface area (Å²) in [5.41, 5.74) is -0.178. The molecule has 1 aliphatic heterocycles. The summed E-state index contributed by atoms with van der Waals surface area (Å²) in [4.78, 5) is 22.7. The minimum atomic E-state index is -1.49. The van der Waals surface area contributed by atoms with E-state index >= 15 is 0 Å². The van der Waals surface area contributed by atoms with Gasteiger partial charge in [-0.2, -0.15) is 4.39 Å². The van der Waals surface area contributed by atoms with Crippen molar-refractivity contribution in [2.75, 3.05) is 38.3 Å². The molecule has 0 bridgehead atoms. The maximum absolute atomic E-state index is 14.2. The Hall–Kier alpha value is -2.88. The molecule has 0 atom stereocenters. The Balaban J connectivity index is 1.72. The summed E-state index contributed by atoms with van der Waals surface area (Å²) < 4.78 is 50.9. The molecule has 7 nitrogen and oxygen atoms in total. The highest BCUT2D eigenvalue weighted by molar-refractivity contribution is 5.94. The van der Waals surface area contributed by atoms with Gasteiger partial charge in [-0.1, -0.05) is 0 Å². The molecule has 1 fully saturated rings. The van der Waals surface area contributed by atoms with Crippen molar-refractivity contribution in [1.29, 1.82) is 0 Å². The van der Waals surface area contributed by atoms with Crippen LogP contribution in [0.15, 0.2) is 18.3 Å². The minimum absolute atomic E-state index is 0.0422. The monoisotopic (exact) mass is 382 g/mol. The summed E-state index contributed by atoms with van der Waals surface area (Å²) in [7, 11) is 0.983. The van der Waals surface area contributed by atoms with Crippen LogP contribution in [0.5, 0.6) is 5.75 Å². The number of morpholine rings is 1. The van der Waals surface area contributed by atoms with E-state index in [1.165, 1.54) is 0 Å². The van der Waals surface area contributed by atoms with Gasteiger partial charge in [0.25, 0.3) is 5.91 Å². The number of methoxy groups -OCH3 is 1. The molecule has 0 aliphatic carbocycles. The van der Waals surface area contributed by atoms with Crippen molar-refractivity contribution in [1.82, 2.24) is 15.3 Å². The quantitative estimate of drug-likeness (QED) is 0.793. The molecule has 1 amide bonds. The molecule has 1 aromatic carbocycles. The lowest BCUT2D eigenvalue weighted by Crippen LogP contribution is -2.37. The maximum atomic E-state index is 14.2. The molecule has 0 radical (unpaired) electrons. The third-order valence-electron chi connectivity index (χ3n) is 3.99. The smallest absolute Gasteiger partial charge is 0.254 e. The SMILES string of the molecule is COc1c(F)c(F)cc(C(=O)NCc2ccnc(N3CCOCC3)n2)c1F. The molecule has 0 saturated carbocycles. The molecular formula is C17H17F3N4O3. The second kappa shape index (κ2) is 8.21. The van der Waals surface area contributed by atoms with Gasteiger partial charge in [-0.15, -0.1) is 0 Å². The number of carbonyl (C=O) groups excluding carboxylic acids is 1. The average molecular weight is 382 g/mol. The van der Waals surface area contributed by atoms with Crippen molar-refractivity contribution in [2.45, 2.75) is 6.54 Å². The van der Waals surface area contributed by atoms with Gasteiger partial charge in [-0.05, 0) is 12.1 Å². The first-order valence-electron chi connectivity index (χ1n) is 8.15. The molecule has 2 aromatic rings. The predicted molar refractivity (Wildman–Crippen MR) is 89.1 cm³/mol. The Morgan fingerprint density at radius 2 is 2.04 bits per heavy atom. The number of halogens is 3. The number of aromatic nitrogens is 2.